The average molecular weight is 667 g/mol. The highest BCUT2D eigenvalue weighted by atomic mass is 35.5. The lowest BCUT2D eigenvalue weighted by Gasteiger charge is -2.32. The Hall–Kier alpha value is -5.15. The van der Waals surface area contributed by atoms with Gasteiger partial charge in [-0.3, -0.25) is 4.79 Å². The number of aryl methyl sites for hydroxylation is 1. The summed E-state index contributed by atoms with van der Waals surface area (Å²) in [7, 11) is 0. The van der Waals surface area contributed by atoms with Gasteiger partial charge in [0.05, 0.1) is 28.0 Å². The number of unbranched alkanes of at least 4 members (excludes halogenated alkanes) is 1. The minimum Gasteiger partial charge on any atom is -0.489 e. The molecule has 1 aromatic heterocycles. The third kappa shape index (κ3) is 8.04. The smallest absolute Gasteiger partial charge is 0.339 e. The molecule has 0 saturated heterocycles. The molecule has 0 unspecified atom stereocenters. The molecule has 9 nitrogen and oxygen atoms in total. The molecule has 2 amide bonds. The number of hydrogen-bond donors (Lipinski definition) is 1. The lowest BCUT2D eigenvalue weighted by Crippen LogP contribution is -2.53. The molecule has 5 rings (SSSR count). The fourth-order valence-electron chi connectivity index (χ4n) is 5.48. The minimum atomic E-state index is -1.11. The van der Waals surface area contributed by atoms with Crippen molar-refractivity contribution in [2.75, 3.05) is 18.1 Å². The second kappa shape index (κ2) is 16.1. The van der Waals surface area contributed by atoms with E-state index in [2.05, 4.69) is 6.92 Å². The molecular weight excluding hydrogens is 628 g/mol. The molecule has 1 N–H and O–H groups in total. The predicted molar refractivity (Wildman–Crippen MR) is 189 cm³/mol. The first-order valence-corrected chi connectivity index (χ1v) is 16.5. The molecule has 4 aromatic carbocycles. The van der Waals surface area contributed by atoms with Gasteiger partial charge in [0.25, 0.3) is 5.56 Å². The average Bonchev–Trinajstić information content (AvgIpc) is 3.10. The number of amides is 2. The van der Waals surface area contributed by atoms with Gasteiger partial charge in [-0.2, -0.15) is 4.68 Å². The fraction of sp³-hybridized carbons (Fsp3) is 0.263. The lowest BCUT2D eigenvalue weighted by molar-refractivity contribution is 0.0697. The van der Waals surface area contributed by atoms with Crippen LogP contribution in [0.1, 0.15) is 59.6 Å². The van der Waals surface area contributed by atoms with E-state index in [9.17, 15) is 19.5 Å². The summed E-state index contributed by atoms with van der Waals surface area (Å²) in [4.78, 5) is 46.7. The number of carboxylic acids is 1. The van der Waals surface area contributed by atoms with E-state index >= 15 is 0 Å². The Morgan fingerprint density at radius 2 is 1.60 bits per heavy atom. The first kappa shape index (κ1) is 34.2. The van der Waals surface area contributed by atoms with Gasteiger partial charge in [-0.15, -0.1) is 0 Å². The summed E-state index contributed by atoms with van der Waals surface area (Å²) in [6.07, 6.45) is 2.92. The molecule has 10 heteroatoms. The van der Waals surface area contributed by atoms with E-state index in [1.54, 1.807) is 41.3 Å². The lowest BCUT2D eigenvalue weighted by atomic mass is 10.1. The van der Waals surface area contributed by atoms with Gasteiger partial charge < -0.3 is 14.7 Å². The maximum Gasteiger partial charge on any atom is 0.339 e. The molecule has 0 aliphatic carbocycles. The Balaban J connectivity index is 1.46. The Labute approximate surface area is 284 Å². The summed E-state index contributed by atoms with van der Waals surface area (Å²) >= 11 is 6.29. The number of aromatic carboxylic acids is 1. The van der Waals surface area contributed by atoms with Crippen LogP contribution in [0, 0.1) is 0 Å². The van der Waals surface area contributed by atoms with E-state index in [0.29, 0.717) is 54.0 Å². The molecule has 0 fully saturated rings. The van der Waals surface area contributed by atoms with Crippen LogP contribution in [0.3, 0.4) is 0 Å². The number of nitrogens with zero attached hydrogens (tertiary/aromatic N) is 4. The van der Waals surface area contributed by atoms with Crippen molar-refractivity contribution in [2.45, 2.75) is 52.7 Å². The van der Waals surface area contributed by atoms with Gasteiger partial charge in [0.15, 0.2) is 0 Å². The van der Waals surface area contributed by atoms with E-state index < -0.39 is 5.97 Å². The van der Waals surface area contributed by atoms with Crippen LogP contribution >= 0.6 is 11.6 Å². The number of para-hydroxylation sites is 1. The van der Waals surface area contributed by atoms with Gasteiger partial charge in [-0.1, -0.05) is 91.7 Å². The van der Waals surface area contributed by atoms with E-state index in [0.717, 1.165) is 24.0 Å². The first-order valence-electron chi connectivity index (χ1n) is 16.1. The fourth-order valence-corrected chi connectivity index (χ4v) is 5.74. The number of urea groups is 1. The Bertz CT molecular complexity index is 1930. The van der Waals surface area contributed by atoms with Crippen LogP contribution in [-0.2, 0) is 26.0 Å². The van der Waals surface area contributed by atoms with Crippen LogP contribution in [0.25, 0.3) is 10.9 Å². The van der Waals surface area contributed by atoms with Crippen molar-refractivity contribution in [1.82, 2.24) is 14.6 Å². The van der Waals surface area contributed by atoms with Crippen LogP contribution < -0.4 is 15.3 Å². The molecule has 0 aliphatic heterocycles. The zero-order chi connectivity index (χ0) is 34.0. The van der Waals surface area contributed by atoms with Gasteiger partial charge in [0.1, 0.15) is 18.2 Å². The van der Waals surface area contributed by atoms with E-state index in [1.165, 1.54) is 15.8 Å². The van der Waals surface area contributed by atoms with Crippen molar-refractivity contribution in [3.63, 3.8) is 0 Å². The summed E-state index contributed by atoms with van der Waals surface area (Å²) in [5.74, 6) is -0.0290. The maximum atomic E-state index is 14.4. The van der Waals surface area contributed by atoms with Crippen LogP contribution in [0.2, 0.25) is 5.02 Å². The molecule has 1 heterocycles. The first-order chi connectivity index (χ1) is 23.3. The molecular formula is C38H39ClN4O5. The molecule has 0 saturated carbocycles. The third-order valence-electron chi connectivity index (χ3n) is 8.16. The molecule has 0 bridgehead atoms. The van der Waals surface area contributed by atoms with Crippen molar-refractivity contribution in [1.29, 1.82) is 0 Å². The summed E-state index contributed by atoms with van der Waals surface area (Å²) in [5, 5.41) is 11.5. The number of carbonyl (C=O) groups excluding carboxylic acids is 1. The van der Waals surface area contributed by atoms with E-state index in [4.69, 9.17) is 21.3 Å². The van der Waals surface area contributed by atoms with Gasteiger partial charge in [-0.05, 0) is 61.2 Å². The predicted octanol–water partition coefficient (Wildman–Crippen LogP) is 7.49. The molecule has 248 valence electrons. The normalized spacial score (nSPS) is 11.0. The molecule has 0 radical (unpaired) electrons. The number of carboxylic acid groups (broad SMARTS) is 1. The largest absolute Gasteiger partial charge is 0.489 e. The standard InChI is InChI=1S/C38H39ClN4O5/c1-3-5-18-34-40-33-17-10-9-15-31(33)36(44)43(34)42(38(47)41(4-2)24-23-27-12-7-6-8-13-27)25-28-19-21-30(22-20-28)48-26-29-14-11-16-32(35(29)39)37(45)46/h6-17,19-22H,3-5,18,23-26H2,1-2H3,(H,45,46). The van der Waals surface area contributed by atoms with Crippen molar-refractivity contribution in [2.24, 2.45) is 0 Å². The second-order valence-electron chi connectivity index (χ2n) is 11.4. The number of hydrogen-bond acceptors (Lipinski definition) is 5. The number of fused-ring (bicyclic) bond motifs is 1. The number of likely N-dealkylation sites (N-methyl/N-ethyl adjacent to an activating group) is 1. The van der Waals surface area contributed by atoms with E-state index in [1.807, 2.05) is 61.5 Å². The maximum absolute atomic E-state index is 14.4. The number of rotatable bonds is 14. The number of aromatic nitrogens is 2. The zero-order valence-electron chi connectivity index (χ0n) is 27.1. The van der Waals surface area contributed by atoms with Crippen LogP contribution in [0.15, 0.2) is 102 Å². The third-order valence-corrected chi connectivity index (χ3v) is 8.61. The number of ether oxygens (including phenoxy) is 1. The Morgan fingerprint density at radius 1 is 0.875 bits per heavy atom. The van der Waals surface area contributed by atoms with Crippen LogP contribution in [0.4, 0.5) is 4.79 Å². The Kier molecular flexibility index (Phi) is 11.5. The molecule has 0 atom stereocenters. The van der Waals surface area contributed by atoms with E-state index in [-0.39, 0.29) is 35.3 Å². The summed E-state index contributed by atoms with van der Waals surface area (Å²) < 4.78 is 7.39. The molecule has 48 heavy (non-hydrogen) atoms. The SMILES string of the molecule is CCCCc1nc2ccccc2c(=O)n1N(Cc1ccc(OCc2cccc(C(=O)O)c2Cl)cc1)C(=O)N(CC)CCc1ccccc1. The summed E-state index contributed by atoms with van der Waals surface area (Å²) in [5.41, 5.74) is 2.77. The quantitative estimate of drug-likeness (QED) is 0.132. The highest BCUT2D eigenvalue weighted by Gasteiger charge is 2.26. The minimum absolute atomic E-state index is 0.0134. The van der Waals surface area contributed by atoms with Crippen LogP contribution in [0.5, 0.6) is 5.75 Å². The van der Waals surface area contributed by atoms with Crippen molar-refractivity contribution in [3.8, 4) is 5.75 Å². The molecule has 0 spiro atoms. The second-order valence-corrected chi connectivity index (χ2v) is 11.8. The van der Waals surface area contributed by atoms with Gasteiger partial charge in [0.2, 0.25) is 0 Å². The number of benzene rings is 4. The topological polar surface area (TPSA) is 105 Å². The Morgan fingerprint density at radius 3 is 2.31 bits per heavy atom. The van der Waals surface area contributed by atoms with Crippen molar-refractivity contribution >= 4 is 34.5 Å². The van der Waals surface area contributed by atoms with Gasteiger partial charge in [-0.25, -0.2) is 19.6 Å². The zero-order valence-corrected chi connectivity index (χ0v) is 27.9. The van der Waals surface area contributed by atoms with Crippen LogP contribution in [-0.4, -0.2) is 44.8 Å². The van der Waals surface area contributed by atoms with Gasteiger partial charge in [0, 0.05) is 25.1 Å². The molecule has 0 aliphatic rings. The number of carbonyl (C=O) groups is 2. The van der Waals surface area contributed by atoms with Crippen molar-refractivity contribution in [3.05, 3.63) is 141 Å². The summed E-state index contributed by atoms with van der Waals surface area (Å²) in [6.45, 7) is 5.15. The van der Waals surface area contributed by atoms with Gasteiger partial charge >= 0.3 is 12.0 Å². The highest BCUT2D eigenvalue weighted by Crippen LogP contribution is 2.24. The monoisotopic (exact) mass is 666 g/mol. The van der Waals surface area contributed by atoms with Crippen molar-refractivity contribution < 1.29 is 19.4 Å². The molecule has 5 aromatic rings. The summed E-state index contributed by atoms with van der Waals surface area (Å²) in [6, 6.07) is 29.0. The number of halogens is 1. The highest BCUT2D eigenvalue weighted by molar-refractivity contribution is 6.34.